The maximum absolute atomic E-state index is 12.7. The molecule has 4 rings (SSSR count). The molecule has 3 unspecified atom stereocenters. The highest BCUT2D eigenvalue weighted by Gasteiger charge is 2.58. The zero-order valence-corrected chi connectivity index (χ0v) is 12.8. The summed E-state index contributed by atoms with van der Waals surface area (Å²) in [6.45, 7) is 5.16. The summed E-state index contributed by atoms with van der Waals surface area (Å²) in [7, 11) is 0. The fraction of sp³-hybridized carbons (Fsp3) is 0.562. The number of hydrogen-bond acceptors (Lipinski definition) is 4. The maximum atomic E-state index is 12.7. The number of aromatic amines is 1. The summed E-state index contributed by atoms with van der Waals surface area (Å²) in [6.07, 6.45) is 5.63. The SMILES string of the molecule is CC1(C)C(NC(=O)c2ncnc3[nH]ccc23)C2CCCOC21. The van der Waals surface area contributed by atoms with Gasteiger partial charge in [0.05, 0.1) is 11.5 Å². The summed E-state index contributed by atoms with van der Waals surface area (Å²) in [5, 5.41) is 3.94. The van der Waals surface area contributed by atoms with Gasteiger partial charge in [0.1, 0.15) is 17.7 Å². The van der Waals surface area contributed by atoms with Crippen LogP contribution >= 0.6 is 0 Å². The molecule has 2 aromatic heterocycles. The monoisotopic (exact) mass is 300 g/mol. The van der Waals surface area contributed by atoms with Gasteiger partial charge in [-0.25, -0.2) is 9.97 Å². The molecule has 3 heterocycles. The second-order valence-electron chi connectivity index (χ2n) is 6.83. The molecule has 3 atom stereocenters. The fourth-order valence-electron chi connectivity index (χ4n) is 4.08. The Morgan fingerprint density at radius 1 is 1.45 bits per heavy atom. The van der Waals surface area contributed by atoms with Crippen molar-refractivity contribution < 1.29 is 9.53 Å². The molecule has 1 saturated heterocycles. The van der Waals surface area contributed by atoms with Crippen LogP contribution in [0.25, 0.3) is 11.0 Å². The molecular formula is C16H20N4O2. The number of rotatable bonds is 2. The van der Waals surface area contributed by atoms with Gasteiger partial charge in [-0.2, -0.15) is 0 Å². The van der Waals surface area contributed by atoms with Crippen LogP contribution in [0.5, 0.6) is 0 Å². The molecule has 2 aromatic rings. The van der Waals surface area contributed by atoms with Crippen LogP contribution in [0.4, 0.5) is 0 Å². The van der Waals surface area contributed by atoms with Crippen molar-refractivity contribution in [3.8, 4) is 0 Å². The number of H-pyrrole nitrogens is 1. The van der Waals surface area contributed by atoms with Crippen LogP contribution < -0.4 is 5.32 Å². The molecule has 1 saturated carbocycles. The number of ether oxygens (including phenoxy) is 1. The van der Waals surface area contributed by atoms with Crippen molar-refractivity contribution in [1.82, 2.24) is 20.3 Å². The predicted molar refractivity (Wildman–Crippen MR) is 81.4 cm³/mol. The zero-order valence-electron chi connectivity index (χ0n) is 12.8. The third-order valence-corrected chi connectivity index (χ3v) is 5.19. The maximum Gasteiger partial charge on any atom is 0.270 e. The quantitative estimate of drug-likeness (QED) is 0.887. The Morgan fingerprint density at radius 2 is 2.32 bits per heavy atom. The van der Waals surface area contributed by atoms with E-state index in [1.165, 1.54) is 6.33 Å². The highest BCUT2D eigenvalue weighted by molar-refractivity contribution is 6.03. The molecular weight excluding hydrogens is 280 g/mol. The number of nitrogens with one attached hydrogen (secondary N) is 2. The molecule has 2 aliphatic rings. The first kappa shape index (κ1) is 13.7. The molecule has 0 spiro atoms. The average molecular weight is 300 g/mol. The van der Waals surface area contributed by atoms with E-state index in [0.717, 1.165) is 24.8 Å². The molecule has 0 radical (unpaired) electrons. The Labute approximate surface area is 128 Å². The van der Waals surface area contributed by atoms with Crippen molar-refractivity contribution in [3.63, 3.8) is 0 Å². The van der Waals surface area contributed by atoms with E-state index in [2.05, 4.69) is 34.1 Å². The molecule has 1 aliphatic carbocycles. The standard InChI is InChI=1S/C16H20N4O2/c1-16(2)12(10-4-3-7-22-13(10)16)20-15(21)11-9-5-6-17-14(9)19-8-18-11/h5-6,8,10,12-13H,3-4,7H2,1-2H3,(H,20,21)(H,17,18,19). The minimum atomic E-state index is -0.130. The van der Waals surface area contributed by atoms with Crippen molar-refractivity contribution in [2.45, 2.75) is 38.8 Å². The lowest BCUT2D eigenvalue weighted by atomic mass is 9.55. The number of aromatic nitrogens is 3. The molecule has 2 N–H and O–H groups in total. The van der Waals surface area contributed by atoms with E-state index in [9.17, 15) is 4.79 Å². The van der Waals surface area contributed by atoms with Gasteiger partial charge < -0.3 is 15.0 Å². The molecule has 0 aromatic carbocycles. The van der Waals surface area contributed by atoms with Gasteiger partial charge in [-0.3, -0.25) is 4.79 Å². The lowest BCUT2D eigenvalue weighted by Gasteiger charge is -2.59. The van der Waals surface area contributed by atoms with E-state index in [4.69, 9.17) is 4.74 Å². The summed E-state index contributed by atoms with van der Waals surface area (Å²) in [6, 6.07) is 1.97. The van der Waals surface area contributed by atoms with Gasteiger partial charge in [0, 0.05) is 30.2 Å². The number of carbonyl (C=O) groups is 1. The van der Waals surface area contributed by atoms with Crippen molar-refractivity contribution in [1.29, 1.82) is 0 Å². The van der Waals surface area contributed by atoms with Crippen LogP contribution in [0.3, 0.4) is 0 Å². The van der Waals surface area contributed by atoms with E-state index in [1.807, 2.05) is 6.07 Å². The van der Waals surface area contributed by atoms with Crippen molar-refractivity contribution in [2.75, 3.05) is 6.61 Å². The van der Waals surface area contributed by atoms with Crippen LogP contribution in [-0.2, 0) is 4.74 Å². The largest absolute Gasteiger partial charge is 0.377 e. The predicted octanol–water partition coefficient (Wildman–Crippen LogP) is 1.89. The Hall–Kier alpha value is -1.95. The molecule has 6 nitrogen and oxygen atoms in total. The Balaban J connectivity index is 1.58. The zero-order chi connectivity index (χ0) is 15.3. The van der Waals surface area contributed by atoms with E-state index in [-0.39, 0.29) is 23.5 Å². The Morgan fingerprint density at radius 3 is 3.18 bits per heavy atom. The summed E-state index contributed by atoms with van der Waals surface area (Å²) in [5.41, 5.74) is 1.08. The van der Waals surface area contributed by atoms with Crippen molar-refractivity contribution in [3.05, 3.63) is 24.3 Å². The number of nitrogens with zero attached hydrogens (tertiary/aromatic N) is 2. The van der Waals surface area contributed by atoms with Gasteiger partial charge >= 0.3 is 0 Å². The summed E-state index contributed by atoms with van der Waals surface area (Å²) < 4.78 is 5.89. The number of hydrogen-bond donors (Lipinski definition) is 2. The van der Waals surface area contributed by atoms with E-state index in [0.29, 0.717) is 17.3 Å². The summed E-state index contributed by atoms with van der Waals surface area (Å²) in [5.74, 6) is 0.283. The van der Waals surface area contributed by atoms with Crippen LogP contribution in [0.1, 0.15) is 37.2 Å². The van der Waals surface area contributed by atoms with Gasteiger partial charge in [-0.05, 0) is 18.9 Å². The van der Waals surface area contributed by atoms with Gasteiger partial charge in [0.25, 0.3) is 5.91 Å². The third kappa shape index (κ3) is 1.86. The van der Waals surface area contributed by atoms with Crippen LogP contribution in [0, 0.1) is 11.3 Å². The number of carbonyl (C=O) groups excluding carboxylic acids is 1. The molecule has 6 heteroatoms. The van der Waals surface area contributed by atoms with E-state index in [1.54, 1.807) is 6.20 Å². The Bertz CT molecular complexity index is 724. The molecule has 116 valence electrons. The average Bonchev–Trinajstić information content (AvgIpc) is 3.00. The second-order valence-corrected chi connectivity index (χ2v) is 6.83. The van der Waals surface area contributed by atoms with Crippen LogP contribution in [0.15, 0.2) is 18.6 Å². The molecule has 2 fully saturated rings. The molecule has 22 heavy (non-hydrogen) atoms. The van der Waals surface area contributed by atoms with Crippen LogP contribution in [-0.4, -0.2) is 39.6 Å². The van der Waals surface area contributed by atoms with Gasteiger partial charge in [0.15, 0.2) is 0 Å². The van der Waals surface area contributed by atoms with Gasteiger partial charge in [-0.15, -0.1) is 0 Å². The fourth-order valence-corrected chi connectivity index (χ4v) is 4.08. The summed E-state index contributed by atoms with van der Waals surface area (Å²) in [4.78, 5) is 24.0. The van der Waals surface area contributed by atoms with Gasteiger partial charge in [0.2, 0.25) is 0 Å². The Kier molecular flexibility index (Phi) is 2.97. The minimum absolute atomic E-state index is 0.0367. The van der Waals surface area contributed by atoms with Crippen molar-refractivity contribution in [2.24, 2.45) is 11.3 Å². The molecule has 1 aliphatic heterocycles. The van der Waals surface area contributed by atoms with E-state index >= 15 is 0 Å². The minimum Gasteiger partial charge on any atom is -0.377 e. The normalized spacial score (nSPS) is 29.6. The first-order valence-corrected chi connectivity index (χ1v) is 7.79. The van der Waals surface area contributed by atoms with Gasteiger partial charge in [-0.1, -0.05) is 13.8 Å². The number of fused-ring (bicyclic) bond motifs is 2. The molecule has 0 bridgehead atoms. The van der Waals surface area contributed by atoms with E-state index < -0.39 is 0 Å². The molecule has 1 amide bonds. The van der Waals surface area contributed by atoms with Crippen molar-refractivity contribution >= 4 is 16.9 Å². The first-order valence-electron chi connectivity index (χ1n) is 7.79. The first-order chi connectivity index (χ1) is 10.6. The highest BCUT2D eigenvalue weighted by Crippen LogP contribution is 2.51. The topological polar surface area (TPSA) is 79.9 Å². The lowest BCUT2D eigenvalue weighted by molar-refractivity contribution is -0.189. The smallest absolute Gasteiger partial charge is 0.270 e. The third-order valence-electron chi connectivity index (χ3n) is 5.19. The number of amides is 1. The highest BCUT2D eigenvalue weighted by atomic mass is 16.5. The lowest BCUT2D eigenvalue weighted by Crippen LogP contribution is -2.70. The summed E-state index contributed by atoms with van der Waals surface area (Å²) >= 11 is 0. The second kappa shape index (κ2) is 4.78. The van der Waals surface area contributed by atoms with Crippen LogP contribution in [0.2, 0.25) is 0 Å².